The van der Waals surface area contributed by atoms with Gasteiger partial charge in [-0.2, -0.15) is 0 Å². The van der Waals surface area contributed by atoms with Crippen LogP contribution in [0.5, 0.6) is 0 Å². The predicted molar refractivity (Wildman–Crippen MR) is 81.1 cm³/mol. The zero-order chi connectivity index (χ0) is 13.1. The summed E-state index contributed by atoms with van der Waals surface area (Å²) >= 11 is 0. The Morgan fingerprint density at radius 2 is 1.72 bits per heavy atom. The number of likely N-dealkylation sites (tertiary alicyclic amines) is 1. The minimum Gasteiger partial charge on any atom is -0.314 e. The molecule has 0 aromatic carbocycles. The molecule has 0 radical (unpaired) electrons. The van der Waals surface area contributed by atoms with E-state index in [1.807, 2.05) is 0 Å². The molecular formula is C16H34N2. The summed E-state index contributed by atoms with van der Waals surface area (Å²) in [4.78, 5) is 2.59. The molecule has 0 bridgehead atoms. The first-order chi connectivity index (χ1) is 8.86. The van der Waals surface area contributed by atoms with Crippen molar-refractivity contribution in [1.82, 2.24) is 10.2 Å². The molecule has 18 heavy (non-hydrogen) atoms. The monoisotopic (exact) mass is 254 g/mol. The summed E-state index contributed by atoms with van der Waals surface area (Å²) in [6, 6.07) is 0.789. The van der Waals surface area contributed by atoms with Crippen molar-refractivity contribution in [3.8, 4) is 0 Å². The van der Waals surface area contributed by atoms with Crippen LogP contribution in [0.3, 0.4) is 0 Å². The molecule has 2 heteroatoms. The molecule has 1 atom stereocenters. The quantitative estimate of drug-likeness (QED) is 0.629. The van der Waals surface area contributed by atoms with Crippen molar-refractivity contribution < 1.29 is 0 Å². The Morgan fingerprint density at radius 3 is 2.50 bits per heavy atom. The van der Waals surface area contributed by atoms with Crippen molar-refractivity contribution in [2.45, 2.75) is 77.7 Å². The van der Waals surface area contributed by atoms with Crippen molar-refractivity contribution in [2.24, 2.45) is 0 Å². The van der Waals surface area contributed by atoms with Gasteiger partial charge >= 0.3 is 0 Å². The molecule has 1 heterocycles. The van der Waals surface area contributed by atoms with E-state index < -0.39 is 0 Å². The van der Waals surface area contributed by atoms with Crippen LogP contribution in [-0.2, 0) is 0 Å². The molecule has 1 aliphatic heterocycles. The van der Waals surface area contributed by atoms with Gasteiger partial charge in [-0.05, 0) is 51.9 Å². The van der Waals surface area contributed by atoms with Crippen molar-refractivity contribution in [2.75, 3.05) is 26.2 Å². The smallest absolute Gasteiger partial charge is 0.00797 e. The van der Waals surface area contributed by atoms with Gasteiger partial charge in [-0.15, -0.1) is 0 Å². The van der Waals surface area contributed by atoms with E-state index in [2.05, 4.69) is 24.1 Å². The lowest BCUT2D eigenvalue weighted by molar-refractivity contribution is 0.297. The summed E-state index contributed by atoms with van der Waals surface area (Å²) in [6.45, 7) is 9.64. The van der Waals surface area contributed by atoms with Gasteiger partial charge in [0.1, 0.15) is 0 Å². The Bertz CT molecular complexity index is 182. The second-order valence-electron chi connectivity index (χ2n) is 5.78. The largest absolute Gasteiger partial charge is 0.314 e. The molecule has 0 aliphatic carbocycles. The molecule has 1 saturated heterocycles. The highest BCUT2D eigenvalue weighted by Crippen LogP contribution is 2.11. The minimum atomic E-state index is 0.789. The van der Waals surface area contributed by atoms with Crippen LogP contribution >= 0.6 is 0 Å². The molecule has 1 aliphatic rings. The molecule has 1 unspecified atom stereocenters. The molecule has 2 nitrogen and oxygen atoms in total. The van der Waals surface area contributed by atoms with Gasteiger partial charge in [0.05, 0.1) is 0 Å². The lowest BCUT2D eigenvalue weighted by Crippen LogP contribution is -2.31. The summed E-state index contributed by atoms with van der Waals surface area (Å²) < 4.78 is 0. The summed E-state index contributed by atoms with van der Waals surface area (Å²) in [6.07, 6.45) is 12.5. The van der Waals surface area contributed by atoms with Crippen LogP contribution in [0, 0.1) is 0 Å². The van der Waals surface area contributed by atoms with Crippen LogP contribution in [-0.4, -0.2) is 37.1 Å². The number of hydrogen-bond acceptors (Lipinski definition) is 2. The zero-order valence-electron chi connectivity index (χ0n) is 12.7. The topological polar surface area (TPSA) is 15.3 Å². The zero-order valence-corrected chi connectivity index (χ0v) is 12.7. The highest BCUT2D eigenvalue weighted by Gasteiger charge is 2.14. The standard InChI is InChI=1S/C16H34N2/c1-3-5-6-7-8-9-13-17-16-11-10-14-18(4-2)15-12-16/h16-17H,3-15H2,1-2H3. The van der Waals surface area contributed by atoms with Gasteiger partial charge in [0.15, 0.2) is 0 Å². The summed E-state index contributed by atoms with van der Waals surface area (Å²) in [7, 11) is 0. The van der Waals surface area contributed by atoms with E-state index in [4.69, 9.17) is 0 Å². The molecule has 1 N–H and O–H groups in total. The van der Waals surface area contributed by atoms with Crippen molar-refractivity contribution in [1.29, 1.82) is 0 Å². The van der Waals surface area contributed by atoms with Gasteiger partial charge < -0.3 is 10.2 Å². The first-order valence-corrected chi connectivity index (χ1v) is 8.32. The third-order valence-corrected chi connectivity index (χ3v) is 4.23. The van der Waals surface area contributed by atoms with E-state index in [-0.39, 0.29) is 0 Å². The number of unbranched alkanes of at least 4 members (excludes halogenated alkanes) is 5. The van der Waals surface area contributed by atoms with Crippen LogP contribution in [0.2, 0.25) is 0 Å². The fourth-order valence-corrected chi connectivity index (χ4v) is 2.89. The first kappa shape index (κ1) is 16.0. The van der Waals surface area contributed by atoms with Crippen LogP contribution < -0.4 is 5.32 Å². The van der Waals surface area contributed by atoms with Crippen molar-refractivity contribution in [3.05, 3.63) is 0 Å². The fraction of sp³-hybridized carbons (Fsp3) is 1.00. The maximum Gasteiger partial charge on any atom is 0.00797 e. The van der Waals surface area contributed by atoms with Crippen molar-refractivity contribution in [3.63, 3.8) is 0 Å². The van der Waals surface area contributed by atoms with E-state index in [1.165, 1.54) is 84.0 Å². The molecular weight excluding hydrogens is 220 g/mol. The summed E-state index contributed by atoms with van der Waals surface area (Å²) in [5.41, 5.74) is 0. The van der Waals surface area contributed by atoms with Gasteiger partial charge in [-0.1, -0.05) is 46.0 Å². The summed E-state index contributed by atoms with van der Waals surface area (Å²) in [5.74, 6) is 0. The van der Waals surface area contributed by atoms with Gasteiger partial charge in [0, 0.05) is 6.04 Å². The Morgan fingerprint density at radius 1 is 0.944 bits per heavy atom. The van der Waals surface area contributed by atoms with Gasteiger partial charge in [0.25, 0.3) is 0 Å². The Hall–Kier alpha value is -0.0800. The number of nitrogens with zero attached hydrogens (tertiary/aromatic N) is 1. The molecule has 108 valence electrons. The third-order valence-electron chi connectivity index (χ3n) is 4.23. The molecule has 0 amide bonds. The van der Waals surface area contributed by atoms with E-state index in [9.17, 15) is 0 Å². The Labute approximate surface area is 115 Å². The third kappa shape index (κ3) is 7.38. The Balaban J connectivity index is 1.95. The van der Waals surface area contributed by atoms with Crippen LogP contribution in [0.4, 0.5) is 0 Å². The summed E-state index contributed by atoms with van der Waals surface area (Å²) in [5, 5.41) is 3.77. The number of nitrogens with one attached hydrogen (secondary N) is 1. The number of hydrogen-bond donors (Lipinski definition) is 1. The highest BCUT2D eigenvalue weighted by molar-refractivity contribution is 4.74. The predicted octanol–water partition coefficient (Wildman–Crippen LogP) is 3.81. The minimum absolute atomic E-state index is 0.789. The second kappa shape index (κ2) is 10.8. The average molecular weight is 254 g/mol. The second-order valence-corrected chi connectivity index (χ2v) is 5.78. The SMILES string of the molecule is CCCCCCCCNC1CCCN(CC)CC1. The van der Waals surface area contributed by atoms with Gasteiger partial charge in [-0.3, -0.25) is 0 Å². The lowest BCUT2D eigenvalue weighted by Gasteiger charge is -2.18. The van der Waals surface area contributed by atoms with Crippen molar-refractivity contribution >= 4 is 0 Å². The van der Waals surface area contributed by atoms with E-state index in [0.717, 1.165) is 6.04 Å². The van der Waals surface area contributed by atoms with Crippen LogP contribution in [0.15, 0.2) is 0 Å². The molecule has 1 fully saturated rings. The molecule has 1 rings (SSSR count). The highest BCUT2D eigenvalue weighted by atomic mass is 15.1. The molecule has 0 aromatic heterocycles. The van der Waals surface area contributed by atoms with E-state index in [1.54, 1.807) is 0 Å². The molecule has 0 saturated carbocycles. The maximum atomic E-state index is 3.77. The first-order valence-electron chi connectivity index (χ1n) is 8.32. The lowest BCUT2D eigenvalue weighted by atomic mass is 10.1. The van der Waals surface area contributed by atoms with E-state index in [0.29, 0.717) is 0 Å². The van der Waals surface area contributed by atoms with E-state index >= 15 is 0 Å². The Kier molecular flexibility index (Phi) is 9.59. The molecule has 0 spiro atoms. The maximum absolute atomic E-state index is 3.77. The van der Waals surface area contributed by atoms with Crippen LogP contribution in [0.1, 0.15) is 71.6 Å². The van der Waals surface area contributed by atoms with Gasteiger partial charge in [-0.25, -0.2) is 0 Å². The fourth-order valence-electron chi connectivity index (χ4n) is 2.89. The average Bonchev–Trinajstić information content (AvgIpc) is 2.63. The van der Waals surface area contributed by atoms with Crippen LogP contribution in [0.25, 0.3) is 0 Å². The number of rotatable bonds is 9. The normalized spacial score (nSPS) is 22.0. The van der Waals surface area contributed by atoms with Gasteiger partial charge in [0.2, 0.25) is 0 Å². The molecule has 0 aromatic rings.